The molecule has 0 fully saturated rings. The van der Waals surface area contributed by atoms with Crippen molar-refractivity contribution in [2.24, 2.45) is 0 Å². The zero-order chi connectivity index (χ0) is 23.6. The van der Waals surface area contributed by atoms with E-state index in [0.29, 0.717) is 34.1 Å². The predicted octanol–water partition coefficient (Wildman–Crippen LogP) is 5.59. The second kappa shape index (κ2) is 8.89. The van der Waals surface area contributed by atoms with Crippen LogP contribution in [0.25, 0.3) is 22.6 Å². The average molecular weight is 458 g/mol. The van der Waals surface area contributed by atoms with E-state index in [4.69, 9.17) is 9.47 Å². The van der Waals surface area contributed by atoms with Gasteiger partial charge in [-0.2, -0.15) is 17.6 Å². The Hall–Kier alpha value is -3.95. The second-order valence-electron chi connectivity index (χ2n) is 7.17. The van der Waals surface area contributed by atoms with E-state index < -0.39 is 17.8 Å². The highest BCUT2D eigenvalue weighted by Crippen LogP contribution is 2.36. The minimum absolute atomic E-state index is 0.0419. The van der Waals surface area contributed by atoms with Gasteiger partial charge < -0.3 is 14.5 Å². The Morgan fingerprint density at radius 1 is 0.939 bits per heavy atom. The summed E-state index contributed by atoms with van der Waals surface area (Å²) in [5.41, 5.74) is 2.36. The van der Waals surface area contributed by atoms with Crippen LogP contribution >= 0.6 is 0 Å². The van der Waals surface area contributed by atoms with Gasteiger partial charge in [-0.15, -0.1) is 0 Å². The van der Waals surface area contributed by atoms with Crippen LogP contribution in [0, 0.1) is 12.9 Å². The number of aryl methyl sites for hydroxylation is 1. The molecular formula is C23H18F4N4O2. The van der Waals surface area contributed by atoms with Gasteiger partial charge in [0.25, 0.3) is 0 Å². The predicted molar refractivity (Wildman–Crippen MR) is 112 cm³/mol. The Kier molecular flexibility index (Phi) is 5.99. The van der Waals surface area contributed by atoms with Crippen molar-refractivity contribution in [1.82, 2.24) is 19.9 Å². The Bertz CT molecular complexity index is 1250. The molecule has 1 aromatic carbocycles. The van der Waals surface area contributed by atoms with Gasteiger partial charge in [0.2, 0.25) is 5.95 Å². The van der Waals surface area contributed by atoms with Crippen molar-refractivity contribution in [3.63, 3.8) is 0 Å². The molecule has 0 saturated heterocycles. The van der Waals surface area contributed by atoms with Crippen LogP contribution in [-0.4, -0.2) is 27.0 Å². The van der Waals surface area contributed by atoms with Gasteiger partial charge >= 0.3 is 6.18 Å². The third-order valence-electron chi connectivity index (χ3n) is 4.87. The van der Waals surface area contributed by atoms with Crippen molar-refractivity contribution in [3.05, 3.63) is 77.8 Å². The summed E-state index contributed by atoms with van der Waals surface area (Å²) in [5.74, 6) is 0.962. The van der Waals surface area contributed by atoms with Gasteiger partial charge in [-0.05, 0) is 36.8 Å². The largest absolute Gasteiger partial charge is 0.496 e. The minimum Gasteiger partial charge on any atom is -0.496 e. The first kappa shape index (κ1) is 22.3. The maximum absolute atomic E-state index is 13.1. The maximum Gasteiger partial charge on any atom is 0.433 e. The summed E-state index contributed by atoms with van der Waals surface area (Å²) in [4.78, 5) is 14.6. The Balaban J connectivity index is 1.54. The fraction of sp³-hybridized carbons (Fsp3) is 0.174. The molecule has 33 heavy (non-hydrogen) atoms. The van der Waals surface area contributed by atoms with Gasteiger partial charge in [-0.1, -0.05) is 6.07 Å². The zero-order valence-electron chi connectivity index (χ0n) is 17.6. The van der Waals surface area contributed by atoms with Crippen molar-refractivity contribution in [3.8, 4) is 34.1 Å². The number of imidazole rings is 1. The molecule has 3 heterocycles. The number of alkyl halides is 3. The smallest absolute Gasteiger partial charge is 0.433 e. The van der Waals surface area contributed by atoms with Crippen molar-refractivity contribution in [2.45, 2.75) is 19.7 Å². The summed E-state index contributed by atoms with van der Waals surface area (Å²) in [5, 5.41) is 0. The monoisotopic (exact) mass is 458 g/mol. The van der Waals surface area contributed by atoms with Crippen LogP contribution in [0.5, 0.6) is 11.5 Å². The number of nitrogens with one attached hydrogen (secondary N) is 1. The maximum atomic E-state index is 13.1. The van der Waals surface area contributed by atoms with Gasteiger partial charge in [0.05, 0.1) is 19.0 Å². The van der Waals surface area contributed by atoms with E-state index in [2.05, 4.69) is 19.9 Å². The van der Waals surface area contributed by atoms with Crippen LogP contribution < -0.4 is 9.47 Å². The third kappa shape index (κ3) is 4.94. The number of aromatic amines is 1. The number of benzene rings is 1. The van der Waals surface area contributed by atoms with Gasteiger partial charge in [-0.3, -0.25) is 4.98 Å². The highest BCUT2D eigenvalue weighted by atomic mass is 19.4. The number of ether oxygens (including phenoxy) is 2. The van der Waals surface area contributed by atoms with E-state index in [9.17, 15) is 17.6 Å². The Morgan fingerprint density at radius 2 is 1.76 bits per heavy atom. The summed E-state index contributed by atoms with van der Waals surface area (Å²) >= 11 is 0. The number of hydrogen-bond acceptors (Lipinski definition) is 5. The topological polar surface area (TPSA) is 72.9 Å². The fourth-order valence-corrected chi connectivity index (χ4v) is 3.16. The van der Waals surface area contributed by atoms with Crippen molar-refractivity contribution in [2.75, 3.05) is 7.11 Å². The first-order chi connectivity index (χ1) is 15.7. The normalized spacial score (nSPS) is 11.5. The van der Waals surface area contributed by atoms with E-state index in [1.54, 1.807) is 18.3 Å². The van der Waals surface area contributed by atoms with Crippen LogP contribution in [0.2, 0.25) is 0 Å². The molecule has 0 unspecified atom stereocenters. The number of halogens is 4. The SMILES string of the molecule is COc1cc(OCc2ccc(C(F)(F)F)nc2)c(C)cc1-c1cnc(-c2ccc(F)nc2)[nH]1. The number of H-pyrrole nitrogens is 1. The van der Waals surface area contributed by atoms with E-state index in [0.717, 1.165) is 23.4 Å². The lowest BCUT2D eigenvalue weighted by molar-refractivity contribution is -0.141. The lowest BCUT2D eigenvalue weighted by atomic mass is 10.1. The van der Waals surface area contributed by atoms with Gasteiger partial charge in [0.1, 0.15) is 29.6 Å². The number of pyridine rings is 2. The highest BCUT2D eigenvalue weighted by Gasteiger charge is 2.32. The van der Waals surface area contributed by atoms with E-state index in [1.165, 1.54) is 25.4 Å². The summed E-state index contributed by atoms with van der Waals surface area (Å²) in [6.07, 6.45) is -0.336. The van der Waals surface area contributed by atoms with E-state index >= 15 is 0 Å². The van der Waals surface area contributed by atoms with Crippen molar-refractivity contribution in [1.29, 1.82) is 0 Å². The Morgan fingerprint density at radius 3 is 2.39 bits per heavy atom. The Labute approximate surface area is 186 Å². The molecule has 0 spiro atoms. The summed E-state index contributed by atoms with van der Waals surface area (Å²) < 4.78 is 62.4. The molecule has 0 atom stereocenters. The molecule has 170 valence electrons. The standard InChI is InChI=1S/C23H18F4N4O2/c1-13-7-16(17-11-30-22(31-17)15-4-6-21(24)29-10-15)19(32-2)8-18(13)33-12-14-3-5-20(28-9-14)23(25,26)27/h3-11H,12H2,1-2H3,(H,30,31). The summed E-state index contributed by atoms with van der Waals surface area (Å²) in [6.45, 7) is 1.88. The van der Waals surface area contributed by atoms with Crippen LogP contribution in [-0.2, 0) is 12.8 Å². The summed E-state index contributed by atoms with van der Waals surface area (Å²) in [6, 6.07) is 8.61. The molecular weight excluding hydrogens is 440 g/mol. The summed E-state index contributed by atoms with van der Waals surface area (Å²) in [7, 11) is 1.51. The van der Waals surface area contributed by atoms with Crippen LogP contribution in [0.3, 0.4) is 0 Å². The van der Waals surface area contributed by atoms with Crippen LogP contribution in [0.15, 0.2) is 55.0 Å². The van der Waals surface area contributed by atoms with E-state index in [1.807, 2.05) is 13.0 Å². The van der Waals surface area contributed by atoms with Gasteiger partial charge in [0.15, 0.2) is 0 Å². The molecule has 0 aliphatic rings. The zero-order valence-corrected chi connectivity index (χ0v) is 17.6. The second-order valence-corrected chi connectivity index (χ2v) is 7.17. The number of rotatable bonds is 6. The number of methoxy groups -OCH3 is 1. The molecule has 4 rings (SSSR count). The van der Waals surface area contributed by atoms with Crippen LogP contribution in [0.4, 0.5) is 17.6 Å². The highest BCUT2D eigenvalue weighted by molar-refractivity contribution is 5.72. The van der Waals surface area contributed by atoms with Crippen molar-refractivity contribution >= 4 is 0 Å². The lowest BCUT2D eigenvalue weighted by Crippen LogP contribution is -2.08. The van der Waals surface area contributed by atoms with Gasteiger partial charge in [-0.25, -0.2) is 9.97 Å². The lowest BCUT2D eigenvalue weighted by Gasteiger charge is -2.14. The molecule has 0 aliphatic carbocycles. The fourth-order valence-electron chi connectivity index (χ4n) is 3.16. The van der Waals surface area contributed by atoms with Crippen LogP contribution in [0.1, 0.15) is 16.8 Å². The van der Waals surface area contributed by atoms with Gasteiger partial charge in [0, 0.05) is 35.2 Å². The molecule has 4 aromatic rings. The van der Waals surface area contributed by atoms with E-state index in [-0.39, 0.29) is 6.61 Å². The molecule has 0 aliphatic heterocycles. The molecule has 0 saturated carbocycles. The number of nitrogens with zero attached hydrogens (tertiary/aromatic N) is 3. The molecule has 0 radical (unpaired) electrons. The molecule has 3 aromatic heterocycles. The number of aromatic nitrogens is 4. The quantitative estimate of drug-likeness (QED) is 0.301. The third-order valence-corrected chi connectivity index (χ3v) is 4.87. The average Bonchev–Trinajstić information content (AvgIpc) is 3.28. The molecule has 0 amide bonds. The first-order valence-corrected chi connectivity index (χ1v) is 9.75. The first-order valence-electron chi connectivity index (χ1n) is 9.75. The molecule has 0 bridgehead atoms. The van der Waals surface area contributed by atoms with Crippen molar-refractivity contribution < 1.29 is 27.0 Å². The molecule has 6 nitrogen and oxygen atoms in total. The number of hydrogen-bond donors (Lipinski definition) is 1. The minimum atomic E-state index is -4.49. The molecule has 1 N–H and O–H groups in total. The molecule has 10 heteroatoms.